The second kappa shape index (κ2) is 6.37. The number of aromatic nitrogens is 2. The van der Waals surface area contributed by atoms with Crippen LogP contribution in [0.3, 0.4) is 0 Å². The highest BCUT2D eigenvalue weighted by Gasteiger charge is 2.19. The van der Waals surface area contributed by atoms with Crippen LogP contribution in [0, 0.1) is 5.92 Å². The number of nitrogens with zero attached hydrogens (tertiary/aromatic N) is 2. The molecule has 0 saturated carbocycles. The van der Waals surface area contributed by atoms with Gasteiger partial charge in [0.05, 0.1) is 5.56 Å². The highest BCUT2D eigenvalue weighted by atomic mass is 16.1. The molecule has 0 amide bonds. The molecule has 0 aliphatic rings. The van der Waals surface area contributed by atoms with Crippen LogP contribution in [0.25, 0.3) is 0 Å². The molecule has 0 radical (unpaired) electrons. The summed E-state index contributed by atoms with van der Waals surface area (Å²) in [5.74, 6) is 0.390. The summed E-state index contributed by atoms with van der Waals surface area (Å²) in [7, 11) is 1.77. The molecule has 1 aromatic carbocycles. The molecular weight excluding hydrogens is 250 g/mol. The normalized spacial score (nSPS) is 12.3. The first-order valence-corrected chi connectivity index (χ1v) is 6.95. The molecule has 0 aliphatic heterocycles. The van der Waals surface area contributed by atoms with Gasteiger partial charge in [0.2, 0.25) is 0 Å². The van der Waals surface area contributed by atoms with Gasteiger partial charge in [-0.25, -0.2) is 0 Å². The third-order valence-electron chi connectivity index (χ3n) is 3.52. The monoisotopic (exact) mass is 271 g/mol. The third-order valence-corrected chi connectivity index (χ3v) is 3.52. The van der Waals surface area contributed by atoms with E-state index < -0.39 is 0 Å². The Morgan fingerprint density at radius 1 is 1.35 bits per heavy atom. The average Bonchev–Trinajstić information content (AvgIpc) is 2.78. The van der Waals surface area contributed by atoms with Crippen LogP contribution in [0.1, 0.15) is 35.7 Å². The summed E-state index contributed by atoms with van der Waals surface area (Å²) in [4.78, 5) is 12.3. The number of ketones is 1. The number of aryl methyl sites for hydroxylation is 2. The first-order valence-electron chi connectivity index (χ1n) is 6.95. The van der Waals surface area contributed by atoms with Crippen LogP contribution in [-0.2, 0) is 13.5 Å². The van der Waals surface area contributed by atoms with Crippen molar-refractivity contribution in [2.24, 2.45) is 13.0 Å². The van der Waals surface area contributed by atoms with E-state index in [1.807, 2.05) is 25.1 Å². The van der Waals surface area contributed by atoms with Crippen molar-refractivity contribution < 1.29 is 4.79 Å². The molecule has 1 aromatic heterocycles. The lowest BCUT2D eigenvalue weighted by Gasteiger charge is -2.09. The zero-order valence-electron chi connectivity index (χ0n) is 12.0. The number of Topliss-reactive ketones (excluding diaryl/α,β-unsaturated/α-hetero) is 1. The van der Waals surface area contributed by atoms with Crippen LogP contribution in [0.4, 0.5) is 5.82 Å². The van der Waals surface area contributed by atoms with Crippen LogP contribution >= 0.6 is 0 Å². The van der Waals surface area contributed by atoms with Crippen molar-refractivity contribution in [3.8, 4) is 0 Å². The predicted molar refractivity (Wildman–Crippen MR) is 80.5 cm³/mol. The Labute approximate surface area is 119 Å². The number of nitrogens with two attached hydrogens (primary N) is 1. The minimum Gasteiger partial charge on any atom is -0.382 e. The van der Waals surface area contributed by atoms with Gasteiger partial charge in [0.1, 0.15) is 0 Å². The Morgan fingerprint density at radius 2 is 2.05 bits per heavy atom. The van der Waals surface area contributed by atoms with Gasteiger partial charge in [-0.2, -0.15) is 5.10 Å². The molecule has 2 rings (SSSR count). The van der Waals surface area contributed by atoms with E-state index in [9.17, 15) is 4.79 Å². The van der Waals surface area contributed by atoms with Gasteiger partial charge in [-0.05, 0) is 24.8 Å². The second-order valence-electron chi connectivity index (χ2n) is 5.24. The van der Waals surface area contributed by atoms with Crippen molar-refractivity contribution in [1.82, 2.24) is 9.78 Å². The highest BCUT2D eigenvalue weighted by molar-refractivity contribution is 6.01. The summed E-state index contributed by atoms with van der Waals surface area (Å²) in [6, 6.07) is 10.3. The van der Waals surface area contributed by atoms with Crippen molar-refractivity contribution in [3.63, 3.8) is 0 Å². The maximum absolute atomic E-state index is 12.3. The van der Waals surface area contributed by atoms with Crippen molar-refractivity contribution in [3.05, 3.63) is 47.7 Å². The number of carbonyl (C=O) groups excluding carboxylic acids is 1. The topological polar surface area (TPSA) is 60.9 Å². The molecule has 1 heterocycles. The minimum absolute atomic E-state index is 0.0230. The molecule has 0 spiro atoms. The molecule has 2 aromatic rings. The molecule has 0 aliphatic carbocycles. The number of hydrogen-bond acceptors (Lipinski definition) is 3. The van der Waals surface area contributed by atoms with Crippen LogP contribution < -0.4 is 5.73 Å². The standard InChI is InChI=1S/C16H21N3O/c1-12(7-6-10-13-8-4-3-5-9-13)15(20)14-11-19(2)18-16(14)17/h3-5,8-9,11-12H,6-7,10H2,1-2H3,(H2,17,18). The van der Waals surface area contributed by atoms with Crippen LogP contribution in [0.5, 0.6) is 0 Å². The molecule has 2 N–H and O–H groups in total. The maximum Gasteiger partial charge on any atom is 0.170 e. The second-order valence-corrected chi connectivity index (χ2v) is 5.24. The van der Waals surface area contributed by atoms with Gasteiger partial charge >= 0.3 is 0 Å². The first-order chi connectivity index (χ1) is 9.58. The minimum atomic E-state index is -0.0230. The van der Waals surface area contributed by atoms with E-state index in [1.54, 1.807) is 17.9 Å². The number of nitrogen functional groups attached to an aromatic ring is 1. The fraction of sp³-hybridized carbons (Fsp3) is 0.375. The van der Waals surface area contributed by atoms with E-state index in [1.165, 1.54) is 5.56 Å². The largest absolute Gasteiger partial charge is 0.382 e. The number of hydrogen-bond donors (Lipinski definition) is 1. The van der Waals surface area contributed by atoms with Crippen molar-refractivity contribution >= 4 is 11.6 Å². The predicted octanol–water partition coefficient (Wildman–Crippen LogP) is 2.84. The van der Waals surface area contributed by atoms with Crippen LogP contribution in [-0.4, -0.2) is 15.6 Å². The zero-order valence-corrected chi connectivity index (χ0v) is 12.0. The van der Waals surface area contributed by atoms with Gasteiger partial charge in [-0.3, -0.25) is 9.48 Å². The van der Waals surface area contributed by atoms with Gasteiger partial charge in [-0.15, -0.1) is 0 Å². The fourth-order valence-electron chi connectivity index (χ4n) is 2.35. The molecule has 4 nitrogen and oxygen atoms in total. The van der Waals surface area contributed by atoms with Gasteiger partial charge in [-0.1, -0.05) is 37.3 Å². The third kappa shape index (κ3) is 3.47. The molecule has 106 valence electrons. The molecule has 0 bridgehead atoms. The Hall–Kier alpha value is -2.10. The molecule has 0 saturated heterocycles. The van der Waals surface area contributed by atoms with E-state index in [0.717, 1.165) is 19.3 Å². The molecule has 20 heavy (non-hydrogen) atoms. The molecular formula is C16H21N3O. The average molecular weight is 271 g/mol. The van der Waals surface area contributed by atoms with Gasteiger partial charge < -0.3 is 5.73 Å². The first kappa shape index (κ1) is 14.3. The summed E-state index contributed by atoms with van der Waals surface area (Å²) >= 11 is 0. The van der Waals surface area contributed by atoms with Gasteiger partial charge in [0, 0.05) is 19.2 Å². The molecule has 0 fully saturated rings. The maximum atomic E-state index is 12.3. The van der Waals surface area contributed by atoms with E-state index in [2.05, 4.69) is 17.2 Å². The van der Waals surface area contributed by atoms with E-state index in [0.29, 0.717) is 11.4 Å². The Balaban J connectivity index is 1.87. The number of benzene rings is 1. The molecule has 4 heteroatoms. The van der Waals surface area contributed by atoms with Crippen molar-refractivity contribution in [2.45, 2.75) is 26.2 Å². The number of anilines is 1. The van der Waals surface area contributed by atoms with Crippen molar-refractivity contribution in [1.29, 1.82) is 0 Å². The molecule has 1 unspecified atom stereocenters. The highest BCUT2D eigenvalue weighted by Crippen LogP contribution is 2.19. The van der Waals surface area contributed by atoms with Gasteiger partial charge in [0.25, 0.3) is 0 Å². The number of carbonyl (C=O) groups is 1. The summed E-state index contributed by atoms with van der Waals surface area (Å²) in [5.41, 5.74) is 7.60. The van der Waals surface area contributed by atoms with Crippen LogP contribution in [0.2, 0.25) is 0 Å². The lowest BCUT2D eigenvalue weighted by Crippen LogP contribution is -2.12. The smallest absolute Gasteiger partial charge is 0.170 e. The fourth-order valence-corrected chi connectivity index (χ4v) is 2.35. The quantitative estimate of drug-likeness (QED) is 0.822. The lowest BCUT2D eigenvalue weighted by atomic mass is 9.94. The van der Waals surface area contributed by atoms with E-state index in [4.69, 9.17) is 5.73 Å². The molecule has 1 atom stereocenters. The lowest BCUT2D eigenvalue weighted by molar-refractivity contribution is 0.0923. The summed E-state index contributed by atoms with van der Waals surface area (Å²) < 4.78 is 1.58. The summed E-state index contributed by atoms with van der Waals surface area (Å²) in [5, 5.41) is 4.02. The Bertz CT molecular complexity index is 575. The zero-order chi connectivity index (χ0) is 14.5. The summed E-state index contributed by atoms with van der Waals surface area (Å²) in [6.45, 7) is 1.96. The van der Waals surface area contributed by atoms with Crippen LogP contribution in [0.15, 0.2) is 36.5 Å². The van der Waals surface area contributed by atoms with E-state index in [-0.39, 0.29) is 11.7 Å². The van der Waals surface area contributed by atoms with E-state index >= 15 is 0 Å². The Morgan fingerprint density at radius 3 is 2.65 bits per heavy atom. The summed E-state index contributed by atoms with van der Waals surface area (Å²) in [6.07, 6.45) is 4.56. The van der Waals surface area contributed by atoms with Crippen molar-refractivity contribution in [2.75, 3.05) is 5.73 Å². The SMILES string of the molecule is CC(CCCc1ccccc1)C(=O)c1cn(C)nc1N. The van der Waals surface area contributed by atoms with Gasteiger partial charge in [0.15, 0.2) is 11.6 Å². The number of rotatable bonds is 6. The Kier molecular flexibility index (Phi) is 4.56.